The van der Waals surface area contributed by atoms with E-state index in [0.717, 1.165) is 79.7 Å². The van der Waals surface area contributed by atoms with E-state index in [1.807, 2.05) is 66.2 Å². The predicted octanol–water partition coefficient (Wildman–Crippen LogP) is 6.95. The topological polar surface area (TPSA) is 181 Å². The highest BCUT2D eigenvalue weighted by atomic mass is 16.5. The maximum atomic E-state index is 13.9. The first-order chi connectivity index (χ1) is 29.1. The van der Waals surface area contributed by atoms with Crippen LogP contribution in [0.4, 0.5) is 4.79 Å². The second-order valence-corrected chi connectivity index (χ2v) is 16.5. The highest BCUT2D eigenvalue weighted by molar-refractivity contribution is 6.07. The fraction of sp³-hybridized carbons (Fsp3) is 0.370. The zero-order valence-corrected chi connectivity index (χ0v) is 34.2. The molecule has 5 heterocycles. The van der Waals surface area contributed by atoms with Gasteiger partial charge < -0.3 is 45.0 Å². The molecule has 0 aliphatic carbocycles. The lowest BCUT2D eigenvalue weighted by molar-refractivity contribution is -0.135. The number of methoxy groups -OCH3 is 2. The third-order valence-corrected chi connectivity index (χ3v) is 12.3. The van der Waals surface area contributed by atoms with Gasteiger partial charge in [-0.3, -0.25) is 9.59 Å². The third kappa shape index (κ3) is 7.13. The van der Waals surface area contributed by atoms with Crippen molar-refractivity contribution in [1.29, 1.82) is 0 Å². The van der Waals surface area contributed by atoms with E-state index in [4.69, 9.17) is 29.9 Å². The monoisotopic (exact) mass is 810 g/mol. The van der Waals surface area contributed by atoms with Crippen molar-refractivity contribution < 1.29 is 28.6 Å². The van der Waals surface area contributed by atoms with Gasteiger partial charge in [-0.25, -0.2) is 14.8 Å². The van der Waals surface area contributed by atoms with Crippen LogP contribution in [0, 0.1) is 11.8 Å². The molecule has 0 unspecified atom stereocenters. The van der Waals surface area contributed by atoms with Gasteiger partial charge in [-0.15, -0.1) is 0 Å². The highest BCUT2D eigenvalue weighted by Gasteiger charge is 2.40. The Bertz CT molecular complexity index is 2590. The molecule has 3 aliphatic heterocycles. The quantitative estimate of drug-likeness (QED) is 0.114. The number of carbonyl (C=O) groups is 3. The van der Waals surface area contributed by atoms with Crippen LogP contribution in [0.1, 0.15) is 74.0 Å². The Kier molecular flexibility index (Phi) is 10.5. The molecule has 5 atom stereocenters. The van der Waals surface area contributed by atoms with Gasteiger partial charge >= 0.3 is 6.09 Å². The van der Waals surface area contributed by atoms with Crippen molar-refractivity contribution in [1.82, 2.24) is 35.1 Å². The minimum Gasteiger partial charge on any atom is -0.488 e. The zero-order valence-electron chi connectivity index (χ0n) is 34.2. The smallest absolute Gasteiger partial charge is 0.407 e. The normalized spacial score (nSPS) is 19.6. The molecule has 0 radical (unpaired) electrons. The molecule has 2 aromatic heterocycles. The maximum Gasteiger partial charge on any atom is 0.407 e. The largest absolute Gasteiger partial charge is 0.488 e. The van der Waals surface area contributed by atoms with Crippen LogP contribution in [0.3, 0.4) is 0 Å². The number of imidazole rings is 2. The number of H-pyrrole nitrogens is 2. The number of hydrogen-bond donors (Lipinski definition) is 4. The van der Waals surface area contributed by atoms with E-state index < -0.39 is 18.2 Å². The Labute approximate surface area is 347 Å². The molecule has 9 rings (SSSR count). The van der Waals surface area contributed by atoms with Gasteiger partial charge in [0.25, 0.3) is 0 Å². The molecule has 0 spiro atoms. The van der Waals surface area contributed by atoms with Gasteiger partial charge in [0.1, 0.15) is 36.1 Å². The molecule has 2 fully saturated rings. The summed E-state index contributed by atoms with van der Waals surface area (Å²) in [6, 6.07) is 22.2. The molecular formula is C46H50N8O6. The molecule has 6 aromatic rings. The number of nitrogens with two attached hydrogens (primary N) is 1. The van der Waals surface area contributed by atoms with Crippen LogP contribution in [0.15, 0.2) is 79.0 Å². The van der Waals surface area contributed by atoms with E-state index in [-0.39, 0.29) is 35.7 Å². The lowest BCUT2D eigenvalue weighted by Gasteiger charge is -2.30. The van der Waals surface area contributed by atoms with Crippen LogP contribution < -0.4 is 15.8 Å². The summed E-state index contributed by atoms with van der Waals surface area (Å²) in [5.74, 6) is 1.99. The number of nitrogens with zero attached hydrogens (tertiary/aromatic N) is 4. The second kappa shape index (κ2) is 16.1. The van der Waals surface area contributed by atoms with Gasteiger partial charge in [0, 0.05) is 37.1 Å². The van der Waals surface area contributed by atoms with Crippen molar-refractivity contribution >= 4 is 39.7 Å². The highest BCUT2D eigenvalue weighted by Crippen LogP contribution is 2.44. The van der Waals surface area contributed by atoms with Gasteiger partial charge in [-0.2, -0.15) is 0 Å². The number of ether oxygens (including phenoxy) is 3. The molecule has 5 N–H and O–H groups in total. The van der Waals surface area contributed by atoms with Crippen molar-refractivity contribution in [3.8, 4) is 28.1 Å². The number of fused-ring (bicyclic) bond motifs is 6. The summed E-state index contributed by atoms with van der Waals surface area (Å²) in [6.45, 7) is 5.86. The van der Waals surface area contributed by atoms with Gasteiger partial charge in [0.15, 0.2) is 0 Å². The first kappa shape index (κ1) is 39.2. The SMILES string of the molecule is COC[C@H]1C[C@@H](c2nc3c(ccc4cc5c(cc43)OCc3cc(-c4cnc([C@@H]6CCCN6C(=O)[C@@H](NC(=O)OC)C(C)C)[nH]4)ccc3-5)[nH]2)N(C(=O)[C@H](N)c2ccccc2)C1. The van der Waals surface area contributed by atoms with E-state index in [9.17, 15) is 14.4 Å². The van der Waals surface area contributed by atoms with Crippen molar-refractivity contribution in [3.63, 3.8) is 0 Å². The number of rotatable bonds is 10. The van der Waals surface area contributed by atoms with E-state index >= 15 is 0 Å². The van der Waals surface area contributed by atoms with Crippen LogP contribution in [-0.4, -0.2) is 87.6 Å². The van der Waals surface area contributed by atoms with Gasteiger partial charge in [0.05, 0.1) is 48.7 Å². The summed E-state index contributed by atoms with van der Waals surface area (Å²) >= 11 is 0. The second-order valence-electron chi connectivity index (χ2n) is 16.5. The van der Waals surface area contributed by atoms with Gasteiger partial charge in [-0.05, 0) is 77.1 Å². The molecular weight excluding hydrogens is 761 g/mol. The molecule has 0 saturated carbocycles. The zero-order chi connectivity index (χ0) is 41.7. The van der Waals surface area contributed by atoms with Gasteiger partial charge in [0.2, 0.25) is 11.8 Å². The number of benzene rings is 4. The summed E-state index contributed by atoms with van der Waals surface area (Å²) in [5.41, 5.74) is 14.0. The summed E-state index contributed by atoms with van der Waals surface area (Å²) in [6.07, 6.45) is 3.51. The van der Waals surface area contributed by atoms with E-state index in [1.165, 1.54) is 7.11 Å². The van der Waals surface area contributed by atoms with E-state index in [2.05, 4.69) is 51.7 Å². The van der Waals surface area contributed by atoms with Crippen LogP contribution >= 0.6 is 0 Å². The predicted molar refractivity (Wildman–Crippen MR) is 227 cm³/mol. The fourth-order valence-electron chi connectivity index (χ4n) is 9.24. The summed E-state index contributed by atoms with van der Waals surface area (Å²) in [5, 5.41) is 4.70. The number of alkyl carbamates (subject to hydrolysis) is 1. The number of likely N-dealkylation sites (tertiary alicyclic amines) is 2. The Morgan fingerprint density at radius 3 is 2.57 bits per heavy atom. The third-order valence-electron chi connectivity index (χ3n) is 12.3. The van der Waals surface area contributed by atoms with Crippen molar-refractivity contribution in [2.45, 2.75) is 63.9 Å². The first-order valence-corrected chi connectivity index (χ1v) is 20.6. The van der Waals surface area contributed by atoms with Crippen molar-refractivity contribution in [2.24, 2.45) is 17.6 Å². The average molecular weight is 811 g/mol. The molecule has 4 aromatic carbocycles. The van der Waals surface area contributed by atoms with Crippen LogP contribution in [0.2, 0.25) is 0 Å². The maximum absolute atomic E-state index is 13.9. The average Bonchev–Trinajstić information content (AvgIpc) is 4.10. The minimum absolute atomic E-state index is 0.114. The van der Waals surface area contributed by atoms with Crippen LogP contribution in [0.25, 0.3) is 44.2 Å². The Morgan fingerprint density at radius 2 is 1.78 bits per heavy atom. The number of carbonyl (C=O) groups excluding carboxylic acids is 3. The van der Waals surface area contributed by atoms with Gasteiger partial charge in [-0.1, -0.05) is 62.4 Å². The number of aromatic nitrogens is 4. The summed E-state index contributed by atoms with van der Waals surface area (Å²) in [4.78, 5) is 60.2. The lowest BCUT2D eigenvalue weighted by atomic mass is 9.92. The standard InChI is InChI=1S/C46H50N8O6/c1-25(2)40(52-46(57)59-4)45(56)53-16-8-11-36(53)42-48-21-35(50-42)29-12-14-31-30(18-29)24-60-38-20-32-28(19-33(31)38)13-15-34-41(32)51-43(49-34)37-17-26(23-58-3)22-54(37)44(55)39(47)27-9-6-5-7-10-27/h5-7,9-10,12-15,18-21,25-26,36-37,39-40H,8,11,16-17,22-24,47H2,1-4H3,(H,48,50)(H,49,51)(H,52,57)/t26-,36-,37-,39+,40-/m0/s1. The molecule has 14 nitrogen and oxygen atoms in total. The molecule has 3 aliphatic rings. The molecule has 14 heteroatoms. The van der Waals surface area contributed by atoms with Crippen LogP contribution in [-0.2, 0) is 25.7 Å². The molecule has 0 bridgehead atoms. The van der Waals surface area contributed by atoms with E-state index in [1.54, 1.807) is 7.11 Å². The summed E-state index contributed by atoms with van der Waals surface area (Å²) in [7, 11) is 2.98. The fourth-order valence-corrected chi connectivity index (χ4v) is 9.24. The minimum atomic E-state index is -0.776. The van der Waals surface area contributed by atoms with Crippen molar-refractivity contribution in [2.75, 3.05) is 33.9 Å². The Morgan fingerprint density at radius 1 is 0.950 bits per heavy atom. The number of amides is 3. The lowest BCUT2D eigenvalue weighted by Crippen LogP contribution is -2.51. The molecule has 2 saturated heterocycles. The molecule has 310 valence electrons. The molecule has 3 amide bonds. The molecule has 60 heavy (non-hydrogen) atoms. The number of aromatic amines is 2. The van der Waals surface area contributed by atoms with Crippen molar-refractivity contribution in [3.05, 3.63) is 102 Å². The summed E-state index contributed by atoms with van der Waals surface area (Å²) < 4.78 is 16.7. The number of hydrogen-bond acceptors (Lipinski definition) is 9. The first-order valence-electron chi connectivity index (χ1n) is 20.6. The Balaban J connectivity index is 0.970. The van der Waals surface area contributed by atoms with Crippen LogP contribution in [0.5, 0.6) is 5.75 Å². The Hall–Kier alpha value is -6.25. The van der Waals surface area contributed by atoms with E-state index in [0.29, 0.717) is 38.5 Å². The number of nitrogens with one attached hydrogen (secondary N) is 3.